The van der Waals surface area contributed by atoms with Crippen LogP contribution in [0.25, 0.3) is 17.2 Å². The van der Waals surface area contributed by atoms with Gasteiger partial charge < -0.3 is 14.8 Å². The van der Waals surface area contributed by atoms with Gasteiger partial charge in [-0.25, -0.2) is 10.6 Å². The maximum absolute atomic E-state index is 12.3. The van der Waals surface area contributed by atoms with Crippen molar-refractivity contribution in [1.29, 1.82) is 0 Å². The van der Waals surface area contributed by atoms with Crippen LogP contribution >= 0.6 is 0 Å². The Morgan fingerprint density at radius 1 is 0.912 bits per heavy atom. The standard InChI is InChI=1S/C27H27N3O4/c28-30-26(31)18-33-25-15-6-1-9-19(25)10-7-8-16-29-27(32)34-17-24-22-13-4-2-11-20(22)21-12-3-5-14-23(21)24/h1-7,9-15,24H,8,16-18,28H2,(H,29,32)(H,30,31). The molecule has 4 N–H and O–H groups in total. The van der Waals surface area contributed by atoms with Gasteiger partial charge in [-0.1, -0.05) is 78.9 Å². The zero-order valence-electron chi connectivity index (χ0n) is 18.7. The fourth-order valence-electron chi connectivity index (χ4n) is 4.05. The minimum atomic E-state index is -0.438. The molecule has 174 valence electrons. The first kappa shape index (κ1) is 23.1. The van der Waals surface area contributed by atoms with Gasteiger partial charge in [-0.2, -0.15) is 0 Å². The van der Waals surface area contributed by atoms with E-state index >= 15 is 0 Å². The smallest absolute Gasteiger partial charge is 0.407 e. The zero-order valence-corrected chi connectivity index (χ0v) is 18.7. The second kappa shape index (κ2) is 11.2. The monoisotopic (exact) mass is 457 g/mol. The van der Waals surface area contributed by atoms with Crippen LogP contribution in [0, 0.1) is 0 Å². The van der Waals surface area contributed by atoms with Gasteiger partial charge >= 0.3 is 6.09 Å². The molecular weight excluding hydrogens is 430 g/mol. The number of fused-ring (bicyclic) bond motifs is 3. The summed E-state index contributed by atoms with van der Waals surface area (Å²) in [5, 5.41) is 2.79. The molecule has 0 saturated heterocycles. The summed E-state index contributed by atoms with van der Waals surface area (Å²) in [4.78, 5) is 23.6. The van der Waals surface area contributed by atoms with E-state index < -0.39 is 12.0 Å². The van der Waals surface area contributed by atoms with E-state index in [4.69, 9.17) is 15.3 Å². The summed E-state index contributed by atoms with van der Waals surface area (Å²) in [6.07, 6.45) is 3.98. The summed E-state index contributed by atoms with van der Waals surface area (Å²) in [6.45, 7) is 0.563. The lowest BCUT2D eigenvalue weighted by atomic mass is 9.98. The van der Waals surface area contributed by atoms with Crippen LogP contribution in [0.3, 0.4) is 0 Å². The number of hydrazine groups is 1. The number of nitrogens with two attached hydrogens (primary N) is 1. The number of alkyl carbamates (subject to hydrolysis) is 1. The van der Waals surface area contributed by atoms with Gasteiger partial charge in [0, 0.05) is 18.0 Å². The lowest BCUT2D eigenvalue weighted by Crippen LogP contribution is -2.34. The van der Waals surface area contributed by atoms with Gasteiger partial charge in [0.1, 0.15) is 12.4 Å². The van der Waals surface area contributed by atoms with Gasteiger partial charge in [-0.3, -0.25) is 10.2 Å². The summed E-state index contributed by atoms with van der Waals surface area (Å²) in [5.74, 6) is 5.28. The first-order valence-corrected chi connectivity index (χ1v) is 11.1. The van der Waals surface area contributed by atoms with Gasteiger partial charge in [0.15, 0.2) is 6.61 Å². The van der Waals surface area contributed by atoms with E-state index in [0.717, 1.165) is 5.56 Å². The number of carbonyl (C=O) groups is 2. The molecule has 0 radical (unpaired) electrons. The third kappa shape index (κ3) is 5.44. The molecule has 0 fully saturated rings. The SMILES string of the molecule is NNC(=O)COc1ccccc1C=CCCNC(=O)OCC1c2ccccc2-c2ccccc21. The average Bonchev–Trinajstić information content (AvgIpc) is 3.20. The van der Waals surface area contributed by atoms with Crippen molar-refractivity contribution in [3.05, 3.63) is 95.6 Å². The fourth-order valence-corrected chi connectivity index (χ4v) is 4.05. The molecule has 0 heterocycles. The molecule has 0 spiro atoms. The molecule has 1 aliphatic rings. The highest BCUT2D eigenvalue weighted by Crippen LogP contribution is 2.44. The normalized spacial score (nSPS) is 12.1. The van der Waals surface area contributed by atoms with E-state index in [2.05, 4.69) is 29.6 Å². The van der Waals surface area contributed by atoms with E-state index in [1.807, 2.05) is 60.0 Å². The quantitative estimate of drug-likeness (QED) is 0.195. The minimum absolute atomic E-state index is 0.0379. The lowest BCUT2D eigenvalue weighted by Gasteiger charge is -2.14. The number of rotatable bonds is 9. The maximum atomic E-state index is 12.3. The highest BCUT2D eigenvalue weighted by molar-refractivity contribution is 5.79. The number of nitrogens with one attached hydrogen (secondary N) is 2. The molecule has 3 aromatic carbocycles. The molecule has 7 nitrogen and oxygen atoms in total. The molecule has 0 atom stereocenters. The van der Waals surface area contributed by atoms with Crippen molar-refractivity contribution in [3.8, 4) is 16.9 Å². The highest BCUT2D eigenvalue weighted by atomic mass is 16.5. The van der Waals surface area contributed by atoms with Crippen molar-refractivity contribution >= 4 is 18.1 Å². The largest absolute Gasteiger partial charge is 0.483 e. The minimum Gasteiger partial charge on any atom is -0.483 e. The maximum Gasteiger partial charge on any atom is 0.407 e. The predicted molar refractivity (Wildman–Crippen MR) is 131 cm³/mol. The van der Waals surface area contributed by atoms with Crippen molar-refractivity contribution < 1.29 is 19.1 Å². The topological polar surface area (TPSA) is 103 Å². The number of carbonyl (C=O) groups excluding carboxylic acids is 2. The zero-order chi connectivity index (χ0) is 23.8. The molecule has 1 aliphatic carbocycles. The lowest BCUT2D eigenvalue weighted by molar-refractivity contribution is -0.123. The molecule has 0 unspecified atom stereocenters. The van der Waals surface area contributed by atoms with Crippen molar-refractivity contribution in [1.82, 2.24) is 10.7 Å². The van der Waals surface area contributed by atoms with Crippen molar-refractivity contribution in [3.63, 3.8) is 0 Å². The number of amides is 2. The van der Waals surface area contributed by atoms with Crippen LogP contribution in [0.5, 0.6) is 5.75 Å². The summed E-state index contributed by atoms with van der Waals surface area (Å²) in [5.41, 5.74) is 7.62. The first-order valence-electron chi connectivity index (χ1n) is 11.1. The van der Waals surface area contributed by atoms with E-state index in [0.29, 0.717) is 18.7 Å². The van der Waals surface area contributed by atoms with Crippen LogP contribution < -0.4 is 21.3 Å². The summed E-state index contributed by atoms with van der Waals surface area (Å²) in [7, 11) is 0. The van der Waals surface area contributed by atoms with Gasteiger partial charge in [-0.05, 0) is 34.7 Å². The number of hydrogen-bond donors (Lipinski definition) is 3. The molecule has 0 bridgehead atoms. The fraction of sp³-hybridized carbons (Fsp3) is 0.185. The molecule has 0 aromatic heterocycles. The van der Waals surface area contributed by atoms with Crippen LogP contribution in [0.4, 0.5) is 4.79 Å². The van der Waals surface area contributed by atoms with Crippen LogP contribution in [-0.4, -0.2) is 31.8 Å². The molecular formula is C27H27N3O4. The van der Waals surface area contributed by atoms with Crippen molar-refractivity contribution in [2.45, 2.75) is 12.3 Å². The first-order chi connectivity index (χ1) is 16.7. The van der Waals surface area contributed by atoms with Crippen molar-refractivity contribution in [2.75, 3.05) is 19.8 Å². The van der Waals surface area contributed by atoms with E-state index in [1.165, 1.54) is 22.3 Å². The van der Waals surface area contributed by atoms with Gasteiger partial charge in [0.05, 0.1) is 0 Å². The second-order valence-electron chi connectivity index (χ2n) is 7.84. The Kier molecular flexibility index (Phi) is 7.57. The Hall–Kier alpha value is -4.10. The highest BCUT2D eigenvalue weighted by Gasteiger charge is 2.28. The Bertz CT molecular complexity index is 1150. The summed E-state index contributed by atoms with van der Waals surface area (Å²) in [6, 6.07) is 23.8. The third-order valence-corrected chi connectivity index (χ3v) is 5.66. The third-order valence-electron chi connectivity index (χ3n) is 5.66. The molecule has 0 aliphatic heterocycles. The Morgan fingerprint density at radius 2 is 1.56 bits per heavy atom. The number of ether oxygens (including phenoxy) is 2. The van der Waals surface area contributed by atoms with Crippen LogP contribution in [0.1, 0.15) is 29.0 Å². The van der Waals surface area contributed by atoms with E-state index in [1.54, 1.807) is 6.07 Å². The summed E-state index contributed by atoms with van der Waals surface area (Å²) < 4.78 is 11.0. The molecule has 3 aromatic rings. The average molecular weight is 458 g/mol. The molecule has 0 saturated carbocycles. The van der Waals surface area contributed by atoms with Crippen LogP contribution in [0.15, 0.2) is 78.9 Å². The molecule has 4 rings (SSSR count). The van der Waals surface area contributed by atoms with Crippen LogP contribution in [0.2, 0.25) is 0 Å². The predicted octanol–water partition coefficient (Wildman–Crippen LogP) is 4.00. The summed E-state index contributed by atoms with van der Waals surface area (Å²) >= 11 is 0. The number of para-hydroxylation sites is 1. The van der Waals surface area contributed by atoms with Gasteiger partial charge in [0.25, 0.3) is 5.91 Å². The Balaban J connectivity index is 1.25. The molecule has 7 heteroatoms. The Labute approximate surface area is 198 Å². The van der Waals surface area contributed by atoms with Crippen LogP contribution in [-0.2, 0) is 9.53 Å². The van der Waals surface area contributed by atoms with Crippen molar-refractivity contribution in [2.24, 2.45) is 5.84 Å². The number of benzene rings is 3. The molecule has 34 heavy (non-hydrogen) atoms. The van der Waals surface area contributed by atoms with Gasteiger partial charge in [-0.15, -0.1) is 0 Å². The second-order valence-corrected chi connectivity index (χ2v) is 7.84. The van der Waals surface area contributed by atoms with Gasteiger partial charge in [0.2, 0.25) is 0 Å². The number of hydrogen-bond acceptors (Lipinski definition) is 5. The Morgan fingerprint density at radius 3 is 2.26 bits per heavy atom. The van der Waals surface area contributed by atoms with E-state index in [-0.39, 0.29) is 19.1 Å². The molecule has 2 amide bonds. The van der Waals surface area contributed by atoms with E-state index in [9.17, 15) is 9.59 Å².